The molecule has 0 unspecified atom stereocenters. The molecule has 162 valence electrons. The minimum atomic E-state index is -0.796. The van der Waals surface area contributed by atoms with Crippen LogP contribution in [0.1, 0.15) is 71.6 Å². The van der Waals surface area contributed by atoms with Gasteiger partial charge in [0.1, 0.15) is 0 Å². The molecule has 0 aliphatic heterocycles. The Morgan fingerprint density at radius 1 is 1.21 bits per heavy atom. The second kappa shape index (κ2) is 10.7. The van der Waals surface area contributed by atoms with E-state index >= 15 is 0 Å². The molecular weight excluding hydrogens is 406 g/mol. The van der Waals surface area contributed by atoms with Crippen LogP contribution in [0.5, 0.6) is 0 Å². The molecule has 0 bridgehead atoms. The fourth-order valence-corrected chi connectivity index (χ4v) is 6.50. The molecule has 1 aromatic rings. The monoisotopic (exact) mass is 439 g/mol. The summed E-state index contributed by atoms with van der Waals surface area (Å²) in [6, 6.07) is 0.666. The maximum atomic E-state index is 13.2. The summed E-state index contributed by atoms with van der Waals surface area (Å²) in [5, 5.41) is 12.4. The van der Waals surface area contributed by atoms with Crippen molar-refractivity contribution >= 4 is 40.2 Å². The summed E-state index contributed by atoms with van der Waals surface area (Å²) < 4.78 is 0.936. The number of hydrogen-bond acceptors (Lipinski definition) is 5. The van der Waals surface area contributed by atoms with Gasteiger partial charge in [0.25, 0.3) is 0 Å². The Morgan fingerprint density at radius 3 is 2.48 bits per heavy atom. The number of carboxylic acids is 1. The van der Waals surface area contributed by atoms with Crippen LogP contribution in [0.25, 0.3) is 0 Å². The molecule has 0 saturated heterocycles. The Kier molecular flexibility index (Phi) is 8.24. The summed E-state index contributed by atoms with van der Waals surface area (Å²) in [4.78, 5) is 30.4. The van der Waals surface area contributed by atoms with Crippen molar-refractivity contribution in [3.05, 3.63) is 6.20 Å². The van der Waals surface area contributed by atoms with Gasteiger partial charge in [0.15, 0.2) is 5.13 Å². The van der Waals surface area contributed by atoms with Gasteiger partial charge in [-0.3, -0.25) is 10.1 Å². The zero-order valence-corrected chi connectivity index (χ0v) is 19.1. The largest absolute Gasteiger partial charge is 0.481 e. The highest BCUT2D eigenvalue weighted by atomic mass is 32.2. The summed E-state index contributed by atoms with van der Waals surface area (Å²) in [6.45, 7) is 4.61. The Morgan fingerprint density at radius 2 is 1.86 bits per heavy atom. The lowest BCUT2D eigenvalue weighted by Gasteiger charge is -2.41. The van der Waals surface area contributed by atoms with Crippen LogP contribution in [-0.4, -0.2) is 44.8 Å². The van der Waals surface area contributed by atoms with Gasteiger partial charge < -0.3 is 10.0 Å². The van der Waals surface area contributed by atoms with Crippen molar-refractivity contribution in [3.63, 3.8) is 0 Å². The molecule has 2 fully saturated rings. The standard InChI is InChI=1S/C21H33N3O3S2/c1-14(2)15-7-9-17(10-8-15)24(16-5-3-4-6-16)21(27)23-20-22-13-19(29-20)28-12-11-18(25)26/h13-17H,3-12H2,1-2H3,(H,25,26)(H,22,23,27). The van der Waals surface area contributed by atoms with E-state index in [-0.39, 0.29) is 12.5 Å². The van der Waals surface area contributed by atoms with Gasteiger partial charge in [-0.1, -0.05) is 38.0 Å². The zero-order valence-electron chi connectivity index (χ0n) is 17.4. The van der Waals surface area contributed by atoms with Crippen molar-refractivity contribution in [3.8, 4) is 0 Å². The first kappa shape index (κ1) is 22.4. The Balaban J connectivity index is 1.60. The number of rotatable bonds is 8. The number of thiazole rings is 1. The van der Waals surface area contributed by atoms with Gasteiger partial charge in [-0.2, -0.15) is 0 Å². The first-order valence-electron chi connectivity index (χ1n) is 10.8. The van der Waals surface area contributed by atoms with Gasteiger partial charge in [0.05, 0.1) is 16.8 Å². The molecule has 3 rings (SSSR count). The Labute approximate surface area is 181 Å². The number of aromatic nitrogens is 1. The Hall–Kier alpha value is -1.28. The normalized spacial score (nSPS) is 22.7. The number of nitrogens with one attached hydrogen (secondary N) is 1. The number of anilines is 1. The summed E-state index contributed by atoms with van der Waals surface area (Å²) in [6.07, 6.45) is 11.1. The second-order valence-electron chi connectivity index (χ2n) is 8.56. The molecule has 2 N–H and O–H groups in total. The topological polar surface area (TPSA) is 82.5 Å². The average molecular weight is 440 g/mol. The van der Waals surface area contributed by atoms with Crippen LogP contribution in [-0.2, 0) is 4.79 Å². The summed E-state index contributed by atoms with van der Waals surface area (Å²) in [5.41, 5.74) is 0. The predicted octanol–water partition coefficient (Wildman–Crippen LogP) is 5.70. The van der Waals surface area contributed by atoms with E-state index in [9.17, 15) is 9.59 Å². The van der Waals surface area contributed by atoms with Crippen molar-refractivity contribution in [1.82, 2.24) is 9.88 Å². The molecular formula is C21H33N3O3S2. The van der Waals surface area contributed by atoms with Crippen molar-refractivity contribution in [2.75, 3.05) is 11.1 Å². The molecule has 1 aromatic heterocycles. The number of urea groups is 1. The number of amides is 2. The van der Waals surface area contributed by atoms with Gasteiger partial charge in [-0.05, 0) is 50.4 Å². The fraction of sp³-hybridized carbons (Fsp3) is 0.762. The maximum Gasteiger partial charge on any atom is 0.324 e. The molecule has 29 heavy (non-hydrogen) atoms. The number of hydrogen-bond donors (Lipinski definition) is 2. The maximum absolute atomic E-state index is 13.2. The molecule has 1 heterocycles. The predicted molar refractivity (Wildman–Crippen MR) is 119 cm³/mol. The van der Waals surface area contributed by atoms with E-state index in [4.69, 9.17) is 5.11 Å². The van der Waals surface area contributed by atoms with Gasteiger partial charge in [0.2, 0.25) is 0 Å². The second-order valence-corrected chi connectivity index (χ2v) is 11.0. The molecule has 0 aromatic carbocycles. The van der Waals surface area contributed by atoms with Gasteiger partial charge in [0, 0.05) is 17.8 Å². The average Bonchev–Trinajstić information content (AvgIpc) is 3.35. The number of aliphatic carboxylic acids is 1. The van der Waals surface area contributed by atoms with Crippen molar-refractivity contribution in [1.29, 1.82) is 0 Å². The molecule has 0 spiro atoms. The highest BCUT2D eigenvalue weighted by Gasteiger charge is 2.35. The van der Waals surface area contributed by atoms with E-state index in [2.05, 4.69) is 29.0 Å². The Bertz CT molecular complexity index is 680. The van der Waals surface area contributed by atoms with Crippen molar-refractivity contribution in [2.24, 2.45) is 11.8 Å². The number of carbonyl (C=O) groups excluding carboxylic acids is 1. The van der Waals surface area contributed by atoms with Gasteiger partial charge in [-0.25, -0.2) is 9.78 Å². The van der Waals surface area contributed by atoms with Crippen LogP contribution in [0, 0.1) is 11.8 Å². The van der Waals surface area contributed by atoms with Gasteiger partial charge >= 0.3 is 12.0 Å². The summed E-state index contributed by atoms with van der Waals surface area (Å²) in [7, 11) is 0. The van der Waals surface area contributed by atoms with Crippen molar-refractivity contribution < 1.29 is 14.7 Å². The van der Waals surface area contributed by atoms with Crippen LogP contribution in [0.3, 0.4) is 0 Å². The van der Waals surface area contributed by atoms with E-state index in [1.54, 1.807) is 6.20 Å². The number of carboxylic acid groups (broad SMARTS) is 1. The fourth-order valence-electron chi connectivity index (χ4n) is 4.64. The van der Waals surface area contributed by atoms with E-state index in [0.29, 0.717) is 23.0 Å². The lowest BCUT2D eigenvalue weighted by molar-refractivity contribution is -0.136. The smallest absolute Gasteiger partial charge is 0.324 e. The highest BCUT2D eigenvalue weighted by Crippen LogP contribution is 2.36. The minimum absolute atomic E-state index is 0.0127. The van der Waals surface area contributed by atoms with Gasteiger partial charge in [-0.15, -0.1) is 11.8 Å². The molecule has 2 aliphatic carbocycles. The van der Waals surface area contributed by atoms with Crippen LogP contribution in [0.2, 0.25) is 0 Å². The minimum Gasteiger partial charge on any atom is -0.481 e. The van der Waals surface area contributed by atoms with Crippen LogP contribution in [0.4, 0.5) is 9.93 Å². The molecule has 6 nitrogen and oxygen atoms in total. The van der Waals surface area contributed by atoms with E-state index in [0.717, 1.165) is 41.7 Å². The van der Waals surface area contributed by atoms with Crippen LogP contribution < -0.4 is 5.32 Å². The zero-order chi connectivity index (χ0) is 20.8. The molecule has 2 amide bonds. The van der Waals surface area contributed by atoms with Crippen molar-refractivity contribution in [2.45, 2.75) is 87.9 Å². The molecule has 0 atom stereocenters. The molecule has 8 heteroatoms. The van der Waals surface area contributed by atoms with E-state index in [1.807, 2.05) is 0 Å². The third-order valence-electron chi connectivity index (χ3n) is 6.29. The highest BCUT2D eigenvalue weighted by molar-refractivity contribution is 8.01. The van der Waals surface area contributed by atoms with Crippen LogP contribution in [0.15, 0.2) is 10.4 Å². The van der Waals surface area contributed by atoms with E-state index < -0.39 is 5.97 Å². The van der Waals surface area contributed by atoms with Crippen LogP contribution >= 0.6 is 23.1 Å². The molecule has 2 aliphatic rings. The SMILES string of the molecule is CC(C)C1CCC(N(C(=O)Nc2ncc(SCCC(=O)O)s2)C2CCCC2)CC1. The third kappa shape index (κ3) is 6.35. The molecule has 0 radical (unpaired) electrons. The number of nitrogens with zero attached hydrogens (tertiary/aromatic N) is 2. The first-order valence-corrected chi connectivity index (χ1v) is 12.6. The number of carbonyl (C=O) groups is 2. The first-order chi connectivity index (χ1) is 13.9. The lowest BCUT2D eigenvalue weighted by atomic mass is 9.79. The number of thioether (sulfide) groups is 1. The molecule has 2 saturated carbocycles. The summed E-state index contributed by atoms with van der Waals surface area (Å²) in [5.74, 6) is 1.22. The third-order valence-corrected chi connectivity index (χ3v) is 8.40. The summed E-state index contributed by atoms with van der Waals surface area (Å²) >= 11 is 2.90. The quantitative estimate of drug-likeness (QED) is 0.508. The lowest BCUT2D eigenvalue weighted by Crippen LogP contribution is -2.49. The van der Waals surface area contributed by atoms with E-state index in [1.165, 1.54) is 48.8 Å².